The van der Waals surface area contributed by atoms with Gasteiger partial charge in [-0.3, -0.25) is 0 Å². The van der Waals surface area contributed by atoms with E-state index in [1.165, 1.54) is 0 Å². The summed E-state index contributed by atoms with van der Waals surface area (Å²) < 4.78 is 5.77. The standard InChI is InChI=1S/C9H12BrNO2/c1-13-9-5-7(10)8(12)4-6(9)2-3-11/h4-5,12H,2-3,11H2,1H3. The summed E-state index contributed by atoms with van der Waals surface area (Å²) in [4.78, 5) is 0. The van der Waals surface area contributed by atoms with Crippen molar-refractivity contribution >= 4 is 15.9 Å². The van der Waals surface area contributed by atoms with E-state index < -0.39 is 0 Å². The second-order valence-corrected chi connectivity index (χ2v) is 3.51. The molecule has 0 aliphatic carbocycles. The third-order valence-corrected chi connectivity index (χ3v) is 2.40. The van der Waals surface area contributed by atoms with E-state index in [1.54, 1.807) is 19.2 Å². The minimum atomic E-state index is 0.212. The Labute approximate surface area is 85.6 Å². The molecule has 0 amide bonds. The van der Waals surface area contributed by atoms with Gasteiger partial charge in [-0.15, -0.1) is 0 Å². The Bertz CT molecular complexity index is 302. The zero-order valence-corrected chi connectivity index (χ0v) is 8.97. The highest BCUT2D eigenvalue weighted by atomic mass is 79.9. The van der Waals surface area contributed by atoms with Gasteiger partial charge in [-0.2, -0.15) is 0 Å². The molecule has 0 bridgehead atoms. The molecule has 13 heavy (non-hydrogen) atoms. The van der Waals surface area contributed by atoms with Gasteiger partial charge in [0.05, 0.1) is 11.6 Å². The first-order chi connectivity index (χ1) is 6.19. The summed E-state index contributed by atoms with van der Waals surface area (Å²) in [5.74, 6) is 0.958. The lowest BCUT2D eigenvalue weighted by molar-refractivity contribution is 0.406. The molecule has 0 saturated carbocycles. The number of hydrogen-bond acceptors (Lipinski definition) is 3. The van der Waals surface area contributed by atoms with Gasteiger partial charge in [0, 0.05) is 0 Å². The topological polar surface area (TPSA) is 55.5 Å². The second-order valence-electron chi connectivity index (χ2n) is 2.65. The summed E-state index contributed by atoms with van der Waals surface area (Å²) in [6.45, 7) is 0.539. The molecule has 3 N–H and O–H groups in total. The van der Waals surface area contributed by atoms with E-state index in [2.05, 4.69) is 15.9 Å². The maximum atomic E-state index is 9.40. The number of ether oxygens (including phenoxy) is 1. The lowest BCUT2D eigenvalue weighted by atomic mass is 10.1. The average Bonchev–Trinajstić information content (AvgIpc) is 2.11. The Morgan fingerprint density at radius 2 is 2.23 bits per heavy atom. The maximum Gasteiger partial charge on any atom is 0.130 e. The Balaban J connectivity index is 3.09. The maximum absolute atomic E-state index is 9.40. The largest absolute Gasteiger partial charge is 0.507 e. The molecule has 0 aromatic heterocycles. The second kappa shape index (κ2) is 4.48. The number of nitrogens with two attached hydrogens (primary N) is 1. The predicted molar refractivity (Wildman–Crippen MR) is 55.1 cm³/mol. The smallest absolute Gasteiger partial charge is 0.130 e. The van der Waals surface area contributed by atoms with Crippen LogP contribution in [0.3, 0.4) is 0 Å². The van der Waals surface area contributed by atoms with E-state index in [9.17, 15) is 5.11 Å². The molecule has 0 saturated heterocycles. The van der Waals surface area contributed by atoms with Crippen LogP contribution in [-0.4, -0.2) is 18.8 Å². The molecular formula is C9H12BrNO2. The number of benzene rings is 1. The zero-order valence-electron chi connectivity index (χ0n) is 7.38. The quantitative estimate of drug-likeness (QED) is 0.852. The van der Waals surface area contributed by atoms with Gasteiger partial charge in [-0.25, -0.2) is 0 Å². The first-order valence-corrected chi connectivity index (χ1v) is 4.73. The van der Waals surface area contributed by atoms with Gasteiger partial charge in [0.25, 0.3) is 0 Å². The van der Waals surface area contributed by atoms with Crippen LogP contribution in [0.4, 0.5) is 0 Å². The Morgan fingerprint density at radius 3 is 2.77 bits per heavy atom. The van der Waals surface area contributed by atoms with Crippen molar-refractivity contribution in [3.63, 3.8) is 0 Å². The number of methoxy groups -OCH3 is 1. The van der Waals surface area contributed by atoms with Crippen molar-refractivity contribution in [3.05, 3.63) is 22.2 Å². The molecule has 0 unspecified atom stereocenters. The molecule has 0 aliphatic heterocycles. The molecule has 1 rings (SSSR count). The normalized spacial score (nSPS) is 10.1. The van der Waals surface area contributed by atoms with Gasteiger partial charge in [-0.1, -0.05) is 0 Å². The molecule has 1 aromatic carbocycles. The first-order valence-electron chi connectivity index (χ1n) is 3.94. The number of halogens is 1. The average molecular weight is 246 g/mol. The summed E-state index contributed by atoms with van der Waals surface area (Å²) in [5.41, 5.74) is 6.35. The highest BCUT2D eigenvalue weighted by Crippen LogP contribution is 2.31. The molecule has 0 heterocycles. The van der Waals surface area contributed by atoms with E-state index in [0.717, 1.165) is 11.3 Å². The molecular weight excluding hydrogens is 234 g/mol. The van der Waals surface area contributed by atoms with Crippen molar-refractivity contribution in [1.82, 2.24) is 0 Å². The Morgan fingerprint density at radius 1 is 1.54 bits per heavy atom. The SMILES string of the molecule is COc1cc(Br)c(O)cc1CCN. The highest BCUT2D eigenvalue weighted by molar-refractivity contribution is 9.10. The van der Waals surface area contributed by atoms with E-state index in [1.807, 2.05) is 0 Å². The molecule has 72 valence electrons. The zero-order chi connectivity index (χ0) is 9.84. The first kappa shape index (κ1) is 10.3. The van der Waals surface area contributed by atoms with Crippen molar-refractivity contribution < 1.29 is 9.84 Å². The Hall–Kier alpha value is -0.740. The molecule has 4 heteroatoms. The summed E-state index contributed by atoms with van der Waals surface area (Å²) in [6, 6.07) is 3.40. The fourth-order valence-corrected chi connectivity index (χ4v) is 1.45. The summed E-state index contributed by atoms with van der Waals surface area (Å²) >= 11 is 3.21. The summed E-state index contributed by atoms with van der Waals surface area (Å²) in [7, 11) is 1.60. The lowest BCUT2D eigenvalue weighted by Gasteiger charge is -2.08. The van der Waals surface area contributed by atoms with Crippen LogP contribution in [0.2, 0.25) is 0 Å². The molecule has 3 nitrogen and oxygen atoms in total. The number of hydrogen-bond donors (Lipinski definition) is 2. The third-order valence-electron chi connectivity index (χ3n) is 1.76. The number of phenolic OH excluding ortho intramolecular Hbond substituents is 1. The fraction of sp³-hybridized carbons (Fsp3) is 0.333. The van der Waals surface area contributed by atoms with Crippen LogP contribution in [0, 0.1) is 0 Å². The van der Waals surface area contributed by atoms with Crippen molar-refractivity contribution in [3.8, 4) is 11.5 Å². The van der Waals surface area contributed by atoms with E-state index in [4.69, 9.17) is 10.5 Å². The van der Waals surface area contributed by atoms with Crippen molar-refractivity contribution in [1.29, 1.82) is 0 Å². The molecule has 0 atom stereocenters. The van der Waals surface area contributed by atoms with Gasteiger partial charge >= 0.3 is 0 Å². The van der Waals surface area contributed by atoms with Crippen molar-refractivity contribution in [2.75, 3.05) is 13.7 Å². The van der Waals surface area contributed by atoms with Gasteiger partial charge in [0.15, 0.2) is 0 Å². The molecule has 0 fully saturated rings. The fourth-order valence-electron chi connectivity index (χ4n) is 1.13. The highest BCUT2D eigenvalue weighted by Gasteiger charge is 2.06. The lowest BCUT2D eigenvalue weighted by Crippen LogP contribution is -2.04. The number of aromatic hydroxyl groups is 1. The van der Waals surface area contributed by atoms with E-state index in [0.29, 0.717) is 17.4 Å². The minimum Gasteiger partial charge on any atom is -0.507 e. The van der Waals surface area contributed by atoms with Crippen LogP contribution in [0.15, 0.2) is 16.6 Å². The van der Waals surface area contributed by atoms with Gasteiger partial charge in [-0.05, 0) is 46.6 Å². The van der Waals surface area contributed by atoms with Gasteiger partial charge in [0.2, 0.25) is 0 Å². The van der Waals surface area contributed by atoms with E-state index in [-0.39, 0.29) is 5.75 Å². The third kappa shape index (κ3) is 2.35. The van der Waals surface area contributed by atoms with Crippen molar-refractivity contribution in [2.45, 2.75) is 6.42 Å². The van der Waals surface area contributed by atoms with Crippen LogP contribution >= 0.6 is 15.9 Å². The van der Waals surface area contributed by atoms with Crippen LogP contribution in [0.5, 0.6) is 11.5 Å². The van der Waals surface area contributed by atoms with Crippen LogP contribution < -0.4 is 10.5 Å². The van der Waals surface area contributed by atoms with Crippen molar-refractivity contribution in [2.24, 2.45) is 5.73 Å². The number of rotatable bonds is 3. The molecule has 0 aliphatic rings. The van der Waals surface area contributed by atoms with Gasteiger partial charge in [0.1, 0.15) is 11.5 Å². The van der Waals surface area contributed by atoms with Crippen LogP contribution in [-0.2, 0) is 6.42 Å². The summed E-state index contributed by atoms with van der Waals surface area (Å²) in [6.07, 6.45) is 0.698. The van der Waals surface area contributed by atoms with E-state index >= 15 is 0 Å². The molecule has 0 spiro atoms. The van der Waals surface area contributed by atoms with Crippen LogP contribution in [0.1, 0.15) is 5.56 Å². The summed E-state index contributed by atoms with van der Waals surface area (Å²) in [5, 5.41) is 9.40. The minimum absolute atomic E-state index is 0.212. The van der Waals surface area contributed by atoms with Gasteiger partial charge < -0.3 is 15.6 Å². The predicted octanol–water partition coefficient (Wildman–Crippen LogP) is 1.66. The Kier molecular flexibility index (Phi) is 3.57. The molecule has 0 radical (unpaired) electrons. The van der Waals surface area contributed by atoms with Crippen LogP contribution in [0.25, 0.3) is 0 Å². The number of phenols is 1. The molecule has 1 aromatic rings. The monoisotopic (exact) mass is 245 g/mol.